The number of hydrogen-bond donors (Lipinski definition) is 2. The molecule has 0 fully saturated rings. The molecule has 3 N–H and O–H groups in total. The lowest BCUT2D eigenvalue weighted by Crippen LogP contribution is -2.29. The summed E-state index contributed by atoms with van der Waals surface area (Å²) in [6, 6.07) is 6.00. The van der Waals surface area contributed by atoms with E-state index in [4.69, 9.17) is 15.0 Å². The van der Waals surface area contributed by atoms with Crippen LogP contribution in [0.2, 0.25) is 0 Å². The Balaban J connectivity index is 2.50. The average Bonchev–Trinajstić information content (AvgIpc) is 2.80. The molecule has 1 aromatic carbocycles. The van der Waals surface area contributed by atoms with E-state index in [0.717, 1.165) is 33.8 Å². The van der Waals surface area contributed by atoms with E-state index in [2.05, 4.69) is 18.4 Å². The maximum atomic E-state index is 5.73. The van der Waals surface area contributed by atoms with Crippen LogP contribution in [0.4, 0.5) is 0 Å². The molecule has 19 heavy (non-hydrogen) atoms. The Morgan fingerprint density at radius 3 is 2.42 bits per heavy atom. The summed E-state index contributed by atoms with van der Waals surface area (Å²) in [4.78, 5) is 0. The lowest BCUT2D eigenvalue weighted by molar-refractivity contribution is 0.411. The molecule has 0 spiro atoms. The highest BCUT2D eigenvalue weighted by molar-refractivity contribution is 5.46. The molecule has 1 atom stereocenters. The average molecular weight is 260 g/mol. The van der Waals surface area contributed by atoms with Crippen LogP contribution in [0.25, 0.3) is 0 Å². The predicted molar refractivity (Wildman–Crippen MR) is 75.1 cm³/mol. The molecule has 1 aromatic heterocycles. The van der Waals surface area contributed by atoms with Crippen molar-refractivity contribution in [1.82, 2.24) is 5.43 Å². The third-order valence-electron chi connectivity index (χ3n) is 3.47. The molecule has 0 radical (unpaired) electrons. The Morgan fingerprint density at radius 2 is 1.89 bits per heavy atom. The highest BCUT2D eigenvalue weighted by Gasteiger charge is 2.19. The molecule has 0 saturated carbocycles. The highest BCUT2D eigenvalue weighted by atomic mass is 16.5. The number of hydrazine groups is 1. The summed E-state index contributed by atoms with van der Waals surface area (Å²) in [6.45, 7) is 6.01. The second-order valence-corrected chi connectivity index (χ2v) is 4.71. The van der Waals surface area contributed by atoms with E-state index in [9.17, 15) is 0 Å². The van der Waals surface area contributed by atoms with Gasteiger partial charge in [-0.25, -0.2) is 5.43 Å². The van der Waals surface area contributed by atoms with E-state index in [0.29, 0.717) is 0 Å². The summed E-state index contributed by atoms with van der Waals surface area (Å²) < 4.78 is 10.7. The van der Waals surface area contributed by atoms with Crippen molar-refractivity contribution in [3.8, 4) is 5.75 Å². The van der Waals surface area contributed by atoms with Crippen LogP contribution in [0.3, 0.4) is 0 Å². The molecular weight excluding hydrogens is 240 g/mol. The van der Waals surface area contributed by atoms with E-state index in [1.807, 2.05) is 26.0 Å². The van der Waals surface area contributed by atoms with Crippen molar-refractivity contribution in [1.29, 1.82) is 0 Å². The number of methoxy groups -OCH3 is 1. The molecule has 0 amide bonds. The molecule has 0 saturated heterocycles. The minimum absolute atomic E-state index is 0.0802. The zero-order chi connectivity index (χ0) is 14.0. The fraction of sp³-hybridized carbons (Fsp3) is 0.333. The summed E-state index contributed by atoms with van der Waals surface area (Å²) in [5.74, 6) is 7.49. The molecule has 0 bridgehead atoms. The number of aryl methyl sites for hydroxylation is 3. The topological polar surface area (TPSA) is 60.4 Å². The summed E-state index contributed by atoms with van der Waals surface area (Å²) >= 11 is 0. The van der Waals surface area contributed by atoms with Crippen LogP contribution < -0.4 is 16.0 Å². The monoisotopic (exact) mass is 260 g/mol. The van der Waals surface area contributed by atoms with Gasteiger partial charge in [-0.05, 0) is 49.6 Å². The van der Waals surface area contributed by atoms with Crippen LogP contribution in [0.1, 0.15) is 34.1 Å². The lowest BCUT2D eigenvalue weighted by atomic mass is 9.94. The first-order chi connectivity index (χ1) is 9.08. The first kappa shape index (κ1) is 13.6. The Morgan fingerprint density at radius 1 is 1.16 bits per heavy atom. The van der Waals surface area contributed by atoms with Crippen LogP contribution in [0, 0.1) is 20.8 Å². The van der Waals surface area contributed by atoms with Gasteiger partial charge < -0.3 is 9.15 Å². The minimum atomic E-state index is -0.0802. The van der Waals surface area contributed by atoms with E-state index < -0.39 is 0 Å². The first-order valence-corrected chi connectivity index (χ1v) is 6.23. The SMILES string of the molecule is COc1cc(C)c(C(NN)c2ccoc2C)cc1C. The van der Waals surface area contributed by atoms with Gasteiger partial charge in [0.1, 0.15) is 11.5 Å². The zero-order valence-corrected chi connectivity index (χ0v) is 11.8. The number of ether oxygens (including phenoxy) is 1. The molecule has 0 aliphatic carbocycles. The van der Waals surface area contributed by atoms with Gasteiger partial charge in [-0.15, -0.1) is 0 Å². The van der Waals surface area contributed by atoms with Crippen LogP contribution in [-0.2, 0) is 0 Å². The Labute approximate surface area is 113 Å². The molecule has 2 aromatic rings. The van der Waals surface area contributed by atoms with Gasteiger partial charge in [-0.1, -0.05) is 6.07 Å². The Kier molecular flexibility index (Phi) is 3.93. The van der Waals surface area contributed by atoms with Gasteiger partial charge in [0.25, 0.3) is 0 Å². The van der Waals surface area contributed by atoms with Crippen LogP contribution >= 0.6 is 0 Å². The fourth-order valence-corrected chi connectivity index (χ4v) is 2.38. The third kappa shape index (κ3) is 2.50. The molecule has 4 nitrogen and oxygen atoms in total. The summed E-state index contributed by atoms with van der Waals surface area (Å²) in [5, 5.41) is 0. The molecule has 4 heteroatoms. The summed E-state index contributed by atoms with van der Waals surface area (Å²) in [7, 11) is 1.68. The summed E-state index contributed by atoms with van der Waals surface area (Å²) in [5.41, 5.74) is 7.27. The van der Waals surface area contributed by atoms with Gasteiger partial charge >= 0.3 is 0 Å². The second-order valence-electron chi connectivity index (χ2n) is 4.71. The Bertz CT molecular complexity index is 576. The number of rotatable bonds is 4. The molecule has 0 aliphatic rings. The maximum Gasteiger partial charge on any atom is 0.122 e. The van der Waals surface area contributed by atoms with Crippen molar-refractivity contribution in [3.63, 3.8) is 0 Å². The van der Waals surface area contributed by atoms with E-state index >= 15 is 0 Å². The molecule has 1 heterocycles. The quantitative estimate of drug-likeness (QED) is 0.655. The van der Waals surface area contributed by atoms with Gasteiger partial charge in [-0.3, -0.25) is 5.84 Å². The minimum Gasteiger partial charge on any atom is -0.496 e. The van der Waals surface area contributed by atoms with Gasteiger partial charge in [0.05, 0.1) is 19.4 Å². The number of benzene rings is 1. The van der Waals surface area contributed by atoms with Gasteiger partial charge in [0, 0.05) is 5.56 Å². The number of nitrogens with two attached hydrogens (primary N) is 1. The van der Waals surface area contributed by atoms with Crippen molar-refractivity contribution in [2.24, 2.45) is 5.84 Å². The van der Waals surface area contributed by atoms with Crippen LogP contribution in [0.15, 0.2) is 28.9 Å². The predicted octanol–water partition coefficient (Wildman–Crippen LogP) is 2.77. The standard InChI is InChI=1S/C15H20N2O2/c1-9-8-14(18-4)10(2)7-13(9)15(17-16)12-5-6-19-11(12)3/h5-8,15,17H,16H2,1-4H3. The molecule has 2 rings (SSSR count). The number of nitrogens with one attached hydrogen (secondary N) is 1. The zero-order valence-electron chi connectivity index (χ0n) is 11.8. The van der Waals surface area contributed by atoms with Gasteiger partial charge in [-0.2, -0.15) is 0 Å². The molecular formula is C15H20N2O2. The first-order valence-electron chi connectivity index (χ1n) is 6.23. The normalized spacial score (nSPS) is 12.5. The fourth-order valence-electron chi connectivity index (χ4n) is 2.38. The Hall–Kier alpha value is -1.78. The van der Waals surface area contributed by atoms with Crippen molar-refractivity contribution in [3.05, 3.63) is 52.5 Å². The summed E-state index contributed by atoms with van der Waals surface area (Å²) in [6.07, 6.45) is 1.68. The largest absolute Gasteiger partial charge is 0.496 e. The third-order valence-corrected chi connectivity index (χ3v) is 3.47. The number of hydrogen-bond acceptors (Lipinski definition) is 4. The maximum absolute atomic E-state index is 5.73. The van der Waals surface area contributed by atoms with Crippen molar-refractivity contribution in [2.45, 2.75) is 26.8 Å². The number of furan rings is 1. The van der Waals surface area contributed by atoms with Gasteiger partial charge in [0.2, 0.25) is 0 Å². The van der Waals surface area contributed by atoms with E-state index in [1.165, 1.54) is 0 Å². The molecule has 1 unspecified atom stereocenters. The van der Waals surface area contributed by atoms with Crippen molar-refractivity contribution >= 4 is 0 Å². The van der Waals surface area contributed by atoms with E-state index in [-0.39, 0.29) is 6.04 Å². The molecule has 0 aliphatic heterocycles. The second kappa shape index (κ2) is 5.47. The van der Waals surface area contributed by atoms with Gasteiger partial charge in [0.15, 0.2) is 0 Å². The van der Waals surface area contributed by atoms with E-state index in [1.54, 1.807) is 13.4 Å². The molecule has 102 valence electrons. The van der Waals surface area contributed by atoms with Crippen LogP contribution in [-0.4, -0.2) is 7.11 Å². The van der Waals surface area contributed by atoms with Crippen LogP contribution in [0.5, 0.6) is 5.75 Å². The van der Waals surface area contributed by atoms with Crippen molar-refractivity contribution in [2.75, 3.05) is 7.11 Å². The highest BCUT2D eigenvalue weighted by Crippen LogP contribution is 2.31. The van der Waals surface area contributed by atoms with Crippen molar-refractivity contribution < 1.29 is 9.15 Å². The smallest absolute Gasteiger partial charge is 0.122 e. The lowest BCUT2D eigenvalue weighted by Gasteiger charge is -2.20.